The van der Waals surface area contributed by atoms with E-state index >= 15 is 0 Å². The number of carboxylic acid groups (broad SMARTS) is 1. The Hall–Kier alpha value is -1.95. The number of nitrogens with zero attached hydrogens (tertiary/aromatic N) is 2. The van der Waals surface area contributed by atoms with Crippen molar-refractivity contribution in [2.45, 2.75) is 31.8 Å². The van der Waals surface area contributed by atoms with Crippen molar-refractivity contribution in [1.82, 2.24) is 9.80 Å². The van der Waals surface area contributed by atoms with Crippen molar-refractivity contribution >= 4 is 11.9 Å². The third-order valence-corrected chi connectivity index (χ3v) is 4.27. The molecule has 2 rings (SSSR count). The molecule has 0 aromatic heterocycles. The minimum Gasteiger partial charge on any atom is -0.480 e. The van der Waals surface area contributed by atoms with Crippen LogP contribution in [-0.4, -0.2) is 59.5 Å². The molecule has 0 radical (unpaired) electrons. The van der Waals surface area contributed by atoms with E-state index in [0.717, 1.165) is 0 Å². The number of hydrogen-bond donors (Lipinski definition) is 1. The smallest absolute Gasteiger partial charge is 0.326 e. The van der Waals surface area contributed by atoms with Gasteiger partial charge in [0.15, 0.2) is 0 Å². The molecule has 1 aliphatic rings. The zero-order valence-corrected chi connectivity index (χ0v) is 13.0. The van der Waals surface area contributed by atoms with Gasteiger partial charge in [-0.15, -0.1) is 0 Å². The number of halogens is 1. The van der Waals surface area contributed by atoms with E-state index in [-0.39, 0.29) is 11.6 Å². The van der Waals surface area contributed by atoms with Crippen molar-refractivity contribution in [2.24, 2.45) is 0 Å². The van der Waals surface area contributed by atoms with E-state index < -0.39 is 23.7 Å². The largest absolute Gasteiger partial charge is 0.480 e. The number of carboxylic acids is 1. The first kappa shape index (κ1) is 16.4. The summed E-state index contributed by atoms with van der Waals surface area (Å²) in [5, 5.41) is 9.42. The summed E-state index contributed by atoms with van der Waals surface area (Å²) in [5.74, 6) is -1.91. The van der Waals surface area contributed by atoms with Gasteiger partial charge in [-0.05, 0) is 51.6 Å². The average Bonchev–Trinajstić information content (AvgIpc) is 2.48. The predicted molar refractivity (Wildman–Crippen MR) is 80.3 cm³/mol. The van der Waals surface area contributed by atoms with Gasteiger partial charge in [0.05, 0.1) is 0 Å². The lowest BCUT2D eigenvalue weighted by Crippen LogP contribution is -2.53. The monoisotopic (exact) mass is 308 g/mol. The Labute approximate surface area is 129 Å². The molecule has 1 aromatic rings. The van der Waals surface area contributed by atoms with Gasteiger partial charge in [-0.3, -0.25) is 4.79 Å². The van der Waals surface area contributed by atoms with E-state index in [1.807, 2.05) is 19.0 Å². The topological polar surface area (TPSA) is 60.9 Å². The lowest BCUT2D eigenvalue weighted by molar-refractivity contribution is -0.144. The Morgan fingerprint density at radius 2 is 2.05 bits per heavy atom. The quantitative estimate of drug-likeness (QED) is 0.924. The van der Waals surface area contributed by atoms with E-state index in [4.69, 9.17) is 0 Å². The lowest BCUT2D eigenvalue weighted by Gasteiger charge is -2.39. The van der Waals surface area contributed by atoms with Crippen LogP contribution in [0.3, 0.4) is 0 Å². The number of aliphatic carboxylic acids is 1. The molecule has 0 bridgehead atoms. The van der Waals surface area contributed by atoms with Crippen LogP contribution in [0.4, 0.5) is 4.39 Å². The van der Waals surface area contributed by atoms with Gasteiger partial charge >= 0.3 is 5.97 Å². The second-order valence-corrected chi connectivity index (χ2v) is 5.96. The molecular weight excluding hydrogens is 287 g/mol. The van der Waals surface area contributed by atoms with Crippen LogP contribution in [-0.2, 0) is 4.79 Å². The maximum atomic E-state index is 13.6. The highest BCUT2D eigenvalue weighted by molar-refractivity contribution is 5.96. The zero-order valence-electron chi connectivity index (χ0n) is 13.0. The molecule has 1 amide bonds. The maximum absolute atomic E-state index is 13.6. The number of piperidine rings is 1. The van der Waals surface area contributed by atoms with E-state index in [9.17, 15) is 19.1 Å². The summed E-state index contributed by atoms with van der Waals surface area (Å²) in [4.78, 5) is 27.4. The van der Waals surface area contributed by atoms with E-state index in [1.54, 1.807) is 6.92 Å². The molecule has 1 N–H and O–H groups in total. The second-order valence-electron chi connectivity index (χ2n) is 5.96. The fourth-order valence-corrected chi connectivity index (χ4v) is 2.78. The van der Waals surface area contributed by atoms with Crippen LogP contribution in [0.2, 0.25) is 0 Å². The van der Waals surface area contributed by atoms with Crippen molar-refractivity contribution in [1.29, 1.82) is 0 Å². The van der Waals surface area contributed by atoms with Crippen LogP contribution in [0.15, 0.2) is 18.2 Å². The molecule has 120 valence electrons. The summed E-state index contributed by atoms with van der Waals surface area (Å²) in [7, 11) is 3.80. The Morgan fingerprint density at radius 1 is 1.36 bits per heavy atom. The lowest BCUT2D eigenvalue weighted by atomic mass is 9.95. The number of carbonyl (C=O) groups excluding carboxylic acids is 1. The highest BCUT2D eigenvalue weighted by atomic mass is 19.1. The third kappa shape index (κ3) is 3.27. The third-order valence-electron chi connectivity index (χ3n) is 4.27. The Balaban J connectivity index is 2.23. The normalized spacial score (nSPS) is 22.0. The van der Waals surface area contributed by atoms with Crippen molar-refractivity contribution in [3.63, 3.8) is 0 Å². The number of likely N-dealkylation sites (tertiary alicyclic amines) is 1. The van der Waals surface area contributed by atoms with Crippen LogP contribution in [0.5, 0.6) is 0 Å². The van der Waals surface area contributed by atoms with Crippen LogP contribution in [0.25, 0.3) is 0 Å². The molecule has 1 aromatic carbocycles. The van der Waals surface area contributed by atoms with Gasteiger partial charge in [-0.2, -0.15) is 0 Å². The van der Waals surface area contributed by atoms with Crippen molar-refractivity contribution in [3.05, 3.63) is 35.1 Å². The van der Waals surface area contributed by atoms with E-state index in [1.165, 1.54) is 23.1 Å². The van der Waals surface area contributed by atoms with Gasteiger partial charge in [0.25, 0.3) is 5.91 Å². The molecule has 0 saturated carbocycles. The van der Waals surface area contributed by atoms with Gasteiger partial charge in [0, 0.05) is 18.2 Å². The Kier molecular flexibility index (Phi) is 4.81. The highest BCUT2D eigenvalue weighted by Gasteiger charge is 2.37. The molecule has 1 saturated heterocycles. The summed E-state index contributed by atoms with van der Waals surface area (Å²) in [6.45, 7) is 1.97. The minimum absolute atomic E-state index is 0.125. The molecule has 6 heteroatoms. The minimum atomic E-state index is -1.02. The Bertz CT molecular complexity index is 589. The molecule has 0 unspecified atom stereocenters. The first-order chi connectivity index (χ1) is 10.3. The van der Waals surface area contributed by atoms with Gasteiger partial charge in [0.1, 0.15) is 11.9 Å². The summed E-state index contributed by atoms with van der Waals surface area (Å²) in [5.41, 5.74) is 0.648. The fraction of sp³-hybridized carbons (Fsp3) is 0.500. The number of hydrogen-bond acceptors (Lipinski definition) is 3. The highest BCUT2D eigenvalue weighted by Crippen LogP contribution is 2.23. The molecule has 22 heavy (non-hydrogen) atoms. The summed E-state index contributed by atoms with van der Waals surface area (Å²) >= 11 is 0. The van der Waals surface area contributed by atoms with Crippen molar-refractivity contribution in [3.8, 4) is 0 Å². The SMILES string of the molecule is Cc1ccc(C(=O)N2CC[C@H](N(C)C)C[C@@H]2C(=O)O)cc1F. The number of rotatable bonds is 3. The maximum Gasteiger partial charge on any atom is 0.326 e. The summed E-state index contributed by atoms with van der Waals surface area (Å²) in [6, 6.07) is 3.50. The average molecular weight is 308 g/mol. The van der Waals surface area contributed by atoms with Crippen molar-refractivity contribution in [2.75, 3.05) is 20.6 Å². The number of carbonyl (C=O) groups is 2. The van der Waals surface area contributed by atoms with Crippen LogP contribution < -0.4 is 0 Å². The van der Waals surface area contributed by atoms with Gasteiger partial charge in [-0.1, -0.05) is 6.07 Å². The number of amides is 1. The zero-order chi connectivity index (χ0) is 16.4. The van der Waals surface area contributed by atoms with E-state index in [0.29, 0.717) is 24.9 Å². The van der Waals surface area contributed by atoms with Crippen LogP contribution >= 0.6 is 0 Å². The van der Waals surface area contributed by atoms with Crippen LogP contribution in [0.1, 0.15) is 28.8 Å². The second kappa shape index (κ2) is 6.44. The standard InChI is InChI=1S/C16H21FN2O3/c1-10-4-5-11(8-13(10)17)15(20)19-7-6-12(18(2)3)9-14(19)16(21)22/h4-5,8,12,14H,6-7,9H2,1-3H3,(H,21,22)/t12-,14+/m0/s1. The van der Waals surface area contributed by atoms with Crippen LogP contribution in [0, 0.1) is 12.7 Å². The number of aryl methyl sites for hydroxylation is 1. The molecule has 0 aliphatic carbocycles. The summed E-state index contributed by atoms with van der Waals surface area (Å²) in [6.07, 6.45) is 1.08. The fourth-order valence-electron chi connectivity index (χ4n) is 2.78. The van der Waals surface area contributed by atoms with E-state index in [2.05, 4.69) is 0 Å². The molecule has 0 spiro atoms. The van der Waals surface area contributed by atoms with Gasteiger partial charge in [-0.25, -0.2) is 9.18 Å². The number of benzene rings is 1. The molecule has 2 atom stereocenters. The first-order valence-electron chi connectivity index (χ1n) is 7.27. The Morgan fingerprint density at radius 3 is 2.59 bits per heavy atom. The predicted octanol–water partition coefficient (Wildman–Crippen LogP) is 1.75. The molecule has 1 aliphatic heterocycles. The molecular formula is C16H21FN2O3. The molecule has 5 nitrogen and oxygen atoms in total. The molecule has 1 heterocycles. The van der Waals surface area contributed by atoms with Gasteiger partial charge < -0.3 is 14.9 Å². The van der Waals surface area contributed by atoms with Gasteiger partial charge in [0.2, 0.25) is 0 Å². The summed E-state index contributed by atoms with van der Waals surface area (Å²) < 4.78 is 13.6. The van der Waals surface area contributed by atoms with Crippen molar-refractivity contribution < 1.29 is 19.1 Å². The first-order valence-corrected chi connectivity index (χ1v) is 7.27. The molecule has 1 fully saturated rings.